The summed E-state index contributed by atoms with van der Waals surface area (Å²) in [6.45, 7) is 1.01. The average Bonchev–Trinajstić information content (AvgIpc) is 2.99. The Kier molecular flexibility index (Phi) is 5.06. The SMILES string of the molecule is CN(C)CCN(C(=O)c1ccccc1)c1nc2c(F)cc(F)cc2s1. The summed E-state index contributed by atoms with van der Waals surface area (Å²) in [5.41, 5.74) is 0.601. The molecule has 4 nitrogen and oxygen atoms in total. The van der Waals surface area contributed by atoms with Crippen LogP contribution in [-0.4, -0.2) is 43.0 Å². The van der Waals surface area contributed by atoms with Gasteiger partial charge in [-0.05, 0) is 32.3 Å². The number of hydrogen-bond acceptors (Lipinski definition) is 4. The summed E-state index contributed by atoms with van der Waals surface area (Å²) in [4.78, 5) is 20.6. The molecular formula is C18H17F2N3OS. The molecule has 1 amide bonds. The summed E-state index contributed by atoms with van der Waals surface area (Å²) >= 11 is 1.10. The van der Waals surface area contributed by atoms with Crippen LogP contribution in [0.2, 0.25) is 0 Å². The number of nitrogens with zero attached hydrogens (tertiary/aromatic N) is 3. The van der Waals surface area contributed by atoms with Gasteiger partial charge in [0, 0.05) is 24.7 Å². The van der Waals surface area contributed by atoms with Gasteiger partial charge in [-0.15, -0.1) is 0 Å². The number of rotatable bonds is 5. The second-order valence-corrected chi connectivity index (χ2v) is 6.87. The molecule has 0 aliphatic heterocycles. The quantitative estimate of drug-likeness (QED) is 0.694. The first kappa shape index (κ1) is 17.4. The minimum atomic E-state index is -0.725. The predicted octanol–water partition coefficient (Wildman–Crippen LogP) is 3.78. The normalized spacial score (nSPS) is 11.2. The van der Waals surface area contributed by atoms with Crippen molar-refractivity contribution in [1.82, 2.24) is 9.88 Å². The van der Waals surface area contributed by atoms with Crippen LogP contribution in [-0.2, 0) is 0 Å². The van der Waals surface area contributed by atoms with Crippen LogP contribution in [0.25, 0.3) is 10.2 Å². The minimum absolute atomic E-state index is 0.0807. The number of carbonyl (C=O) groups excluding carboxylic acids is 1. The number of anilines is 1. The van der Waals surface area contributed by atoms with Crippen molar-refractivity contribution < 1.29 is 13.6 Å². The Labute approximate surface area is 148 Å². The highest BCUT2D eigenvalue weighted by Gasteiger charge is 2.22. The Hall–Kier alpha value is -2.38. The van der Waals surface area contributed by atoms with Gasteiger partial charge in [-0.25, -0.2) is 13.8 Å². The highest BCUT2D eigenvalue weighted by Crippen LogP contribution is 2.31. The molecule has 130 valence electrons. The van der Waals surface area contributed by atoms with E-state index in [0.717, 1.165) is 17.4 Å². The molecular weight excluding hydrogens is 344 g/mol. The first-order valence-corrected chi connectivity index (χ1v) is 8.54. The van der Waals surface area contributed by atoms with E-state index in [1.54, 1.807) is 24.3 Å². The molecule has 3 aromatic rings. The number of halogens is 2. The number of likely N-dealkylation sites (N-methyl/N-ethyl adjacent to an activating group) is 1. The number of thiazole rings is 1. The third-order valence-corrected chi connectivity index (χ3v) is 4.69. The van der Waals surface area contributed by atoms with Crippen molar-refractivity contribution in [3.8, 4) is 0 Å². The molecule has 0 unspecified atom stereocenters. The highest BCUT2D eigenvalue weighted by atomic mass is 32.1. The molecule has 0 saturated carbocycles. The molecule has 0 aliphatic carbocycles. The van der Waals surface area contributed by atoms with Crippen molar-refractivity contribution in [3.05, 3.63) is 59.7 Å². The van der Waals surface area contributed by atoms with Crippen molar-refractivity contribution >= 4 is 32.6 Å². The van der Waals surface area contributed by atoms with Crippen LogP contribution < -0.4 is 4.90 Å². The summed E-state index contributed by atoms with van der Waals surface area (Å²) in [5, 5.41) is 0.357. The summed E-state index contributed by atoms with van der Waals surface area (Å²) in [6, 6.07) is 10.9. The predicted molar refractivity (Wildman–Crippen MR) is 96.2 cm³/mol. The topological polar surface area (TPSA) is 36.4 Å². The third kappa shape index (κ3) is 3.83. The molecule has 0 atom stereocenters. The van der Waals surface area contributed by atoms with Crippen LogP contribution in [0, 0.1) is 11.6 Å². The van der Waals surface area contributed by atoms with E-state index in [2.05, 4.69) is 4.98 Å². The fourth-order valence-corrected chi connectivity index (χ4v) is 3.41. The van der Waals surface area contributed by atoms with Gasteiger partial charge in [-0.1, -0.05) is 29.5 Å². The van der Waals surface area contributed by atoms with E-state index in [4.69, 9.17) is 0 Å². The maximum atomic E-state index is 14.0. The number of fused-ring (bicyclic) bond motifs is 1. The summed E-state index contributed by atoms with van der Waals surface area (Å²) < 4.78 is 27.8. The number of hydrogen-bond donors (Lipinski definition) is 0. The van der Waals surface area contributed by atoms with Gasteiger partial charge >= 0.3 is 0 Å². The zero-order valence-corrected chi connectivity index (χ0v) is 14.7. The first-order chi connectivity index (χ1) is 12.0. The van der Waals surface area contributed by atoms with E-state index >= 15 is 0 Å². The van der Waals surface area contributed by atoms with Gasteiger partial charge in [0.2, 0.25) is 0 Å². The molecule has 0 N–H and O–H groups in total. The van der Waals surface area contributed by atoms with Crippen LogP contribution >= 0.6 is 11.3 Å². The Morgan fingerprint density at radius 1 is 1.12 bits per heavy atom. The van der Waals surface area contributed by atoms with Crippen LogP contribution in [0.1, 0.15) is 10.4 Å². The standard InChI is InChI=1S/C18H17F2N3OS/c1-22(2)8-9-23(17(24)12-6-4-3-5-7-12)18-21-16-14(20)10-13(19)11-15(16)25-18/h3-7,10-11H,8-9H2,1-2H3. The lowest BCUT2D eigenvalue weighted by atomic mass is 10.2. The van der Waals surface area contributed by atoms with Crippen LogP contribution in [0.4, 0.5) is 13.9 Å². The monoisotopic (exact) mass is 361 g/mol. The Bertz CT molecular complexity index is 896. The number of amides is 1. The van der Waals surface area contributed by atoms with E-state index in [1.165, 1.54) is 11.0 Å². The lowest BCUT2D eigenvalue weighted by Gasteiger charge is -2.22. The first-order valence-electron chi connectivity index (χ1n) is 7.73. The fourth-order valence-electron chi connectivity index (χ4n) is 2.38. The van der Waals surface area contributed by atoms with Gasteiger partial charge in [-0.3, -0.25) is 9.69 Å². The smallest absolute Gasteiger partial charge is 0.260 e. The maximum absolute atomic E-state index is 14.0. The summed E-state index contributed by atoms with van der Waals surface area (Å²) in [6.07, 6.45) is 0. The van der Waals surface area contributed by atoms with Gasteiger partial charge < -0.3 is 4.90 Å². The van der Waals surface area contributed by atoms with E-state index in [0.29, 0.717) is 28.5 Å². The fraction of sp³-hybridized carbons (Fsp3) is 0.222. The van der Waals surface area contributed by atoms with Crippen molar-refractivity contribution in [2.45, 2.75) is 0 Å². The molecule has 0 aliphatic rings. The Morgan fingerprint density at radius 2 is 1.84 bits per heavy atom. The molecule has 2 aromatic carbocycles. The van der Waals surface area contributed by atoms with Crippen molar-refractivity contribution in [2.75, 3.05) is 32.1 Å². The maximum Gasteiger partial charge on any atom is 0.260 e. The van der Waals surface area contributed by atoms with E-state index in [9.17, 15) is 13.6 Å². The largest absolute Gasteiger partial charge is 0.308 e. The lowest BCUT2D eigenvalue weighted by molar-refractivity contribution is 0.0985. The number of carbonyl (C=O) groups is 1. The van der Waals surface area contributed by atoms with Gasteiger partial charge in [0.15, 0.2) is 10.9 Å². The third-order valence-electron chi connectivity index (χ3n) is 3.67. The van der Waals surface area contributed by atoms with Gasteiger partial charge in [-0.2, -0.15) is 0 Å². The molecule has 1 heterocycles. The summed E-state index contributed by atoms with van der Waals surface area (Å²) in [5.74, 6) is -1.60. The van der Waals surface area contributed by atoms with Gasteiger partial charge in [0.05, 0.1) is 4.70 Å². The van der Waals surface area contributed by atoms with Crippen molar-refractivity contribution in [1.29, 1.82) is 0 Å². The zero-order valence-electron chi connectivity index (χ0n) is 13.9. The van der Waals surface area contributed by atoms with Gasteiger partial charge in [0.1, 0.15) is 11.3 Å². The minimum Gasteiger partial charge on any atom is -0.308 e. The van der Waals surface area contributed by atoms with Crippen molar-refractivity contribution in [2.24, 2.45) is 0 Å². The van der Waals surface area contributed by atoms with Crippen LogP contribution in [0.15, 0.2) is 42.5 Å². The Morgan fingerprint density at radius 3 is 2.52 bits per heavy atom. The second kappa shape index (κ2) is 7.25. The molecule has 3 rings (SSSR count). The van der Waals surface area contributed by atoms with Crippen LogP contribution in [0.5, 0.6) is 0 Å². The molecule has 1 aromatic heterocycles. The molecule has 0 saturated heterocycles. The molecule has 0 fully saturated rings. The molecule has 0 spiro atoms. The molecule has 7 heteroatoms. The second-order valence-electron chi connectivity index (χ2n) is 5.86. The summed E-state index contributed by atoms with van der Waals surface area (Å²) in [7, 11) is 3.80. The zero-order chi connectivity index (χ0) is 18.0. The van der Waals surface area contributed by atoms with Gasteiger partial charge in [0.25, 0.3) is 5.91 Å². The molecule has 25 heavy (non-hydrogen) atoms. The van der Waals surface area contributed by atoms with Crippen molar-refractivity contribution in [3.63, 3.8) is 0 Å². The highest BCUT2D eigenvalue weighted by molar-refractivity contribution is 7.22. The van der Waals surface area contributed by atoms with E-state index in [1.807, 2.05) is 25.1 Å². The Balaban J connectivity index is 2.02. The lowest BCUT2D eigenvalue weighted by Crippen LogP contribution is -2.36. The van der Waals surface area contributed by atoms with E-state index in [-0.39, 0.29) is 11.4 Å². The molecule has 0 radical (unpaired) electrons. The number of aromatic nitrogens is 1. The number of benzene rings is 2. The average molecular weight is 361 g/mol. The van der Waals surface area contributed by atoms with Crippen LogP contribution in [0.3, 0.4) is 0 Å². The molecule has 0 bridgehead atoms. The van der Waals surface area contributed by atoms with E-state index < -0.39 is 11.6 Å².